The number of nitrogens with one attached hydrogen (secondary N) is 1. The third-order valence-corrected chi connectivity index (χ3v) is 3.62. The monoisotopic (exact) mass is 245 g/mol. The number of unbranched alkanes of at least 4 members (excludes halogenated alkanes) is 3. The summed E-state index contributed by atoms with van der Waals surface area (Å²) in [6.45, 7) is 3.25. The SMILES string of the molecule is CCCCCCC(=O)c1ccc2c(c1)CCCN2. The number of hydrogen-bond acceptors (Lipinski definition) is 2. The quantitative estimate of drug-likeness (QED) is 0.601. The Bertz CT molecular complexity index is 412. The van der Waals surface area contributed by atoms with Crippen molar-refractivity contribution in [2.45, 2.75) is 51.9 Å². The van der Waals surface area contributed by atoms with Gasteiger partial charge in [0.1, 0.15) is 0 Å². The zero-order chi connectivity index (χ0) is 12.8. The molecule has 2 rings (SSSR count). The predicted octanol–water partition coefficient (Wildman–Crippen LogP) is 4.20. The number of aryl methyl sites for hydroxylation is 1. The summed E-state index contributed by atoms with van der Waals surface area (Å²) in [5.41, 5.74) is 3.42. The molecular weight excluding hydrogens is 222 g/mol. The van der Waals surface area contributed by atoms with Gasteiger partial charge in [0.05, 0.1) is 0 Å². The van der Waals surface area contributed by atoms with Gasteiger partial charge in [0.15, 0.2) is 5.78 Å². The second-order valence-corrected chi connectivity index (χ2v) is 5.14. The number of ketones is 1. The smallest absolute Gasteiger partial charge is 0.162 e. The van der Waals surface area contributed by atoms with Gasteiger partial charge in [-0.05, 0) is 43.0 Å². The molecule has 1 aliphatic heterocycles. The maximum atomic E-state index is 12.1. The van der Waals surface area contributed by atoms with Crippen molar-refractivity contribution in [2.24, 2.45) is 0 Å². The van der Waals surface area contributed by atoms with Gasteiger partial charge in [-0.1, -0.05) is 26.2 Å². The van der Waals surface area contributed by atoms with E-state index in [9.17, 15) is 4.79 Å². The second-order valence-electron chi connectivity index (χ2n) is 5.14. The first-order valence-corrected chi connectivity index (χ1v) is 7.21. The fourth-order valence-corrected chi connectivity index (χ4v) is 2.51. The molecule has 0 fully saturated rings. The van der Waals surface area contributed by atoms with Crippen molar-refractivity contribution in [3.8, 4) is 0 Å². The number of benzene rings is 1. The molecule has 1 heterocycles. The van der Waals surface area contributed by atoms with Crippen LogP contribution in [0.4, 0.5) is 5.69 Å². The third kappa shape index (κ3) is 3.34. The predicted molar refractivity (Wildman–Crippen MR) is 76.3 cm³/mol. The maximum Gasteiger partial charge on any atom is 0.162 e. The maximum absolute atomic E-state index is 12.1. The molecular formula is C16H23NO. The minimum atomic E-state index is 0.305. The van der Waals surface area contributed by atoms with Gasteiger partial charge in [-0.2, -0.15) is 0 Å². The van der Waals surface area contributed by atoms with Crippen molar-refractivity contribution in [3.05, 3.63) is 29.3 Å². The van der Waals surface area contributed by atoms with Gasteiger partial charge in [0.2, 0.25) is 0 Å². The summed E-state index contributed by atoms with van der Waals surface area (Å²) in [5.74, 6) is 0.305. The lowest BCUT2D eigenvalue weighted by atomic mass is 9.97. The fraction of sp³-hybridized carbons (Fsp3) is 0.562. The summed E-state index contributed by atoms with van der Waals surface area (Å²) in [5, 5.41) is 3.38. The van der Waals surface area contributed by atoms with Crippen LogP contribution >= 0.6 is 0 Å². The van der Waals surface area contributed by atoms with Gasteiger partial charge in [0, 0.05) is 24.2 Å². The first-order chi connectivity index (χ1) is 8.81. The Labute approximate surface area is 110 Å². The number of anilines is 1. The minimum Gasteiger partial charge on any atom is -0.385 e. The second kappa shape index (κ2) is 6.58. The van der Waals surface area contributed by atoms with Crippen LogP contribution in [0, 0.1) is 0 Å². The van der Waals surface area contributed by atoms with Crippen LogP contribution in [0.3, 0.4) is 0 Å². The van der Waals surface area contributed by atoms with E-state index >= 15 is 0 Å². The average Bonchev–Trinajstić information content (AvgIpc) is 2.43. The van der Waals surface area contributed by atoms with Crippen LogP contribution in [0.5, 0.6) is 0 Å². The zero-order valence-electron chi connectivity index (χ0n) is 11.3. The van der Waals surface area contributed by atoms with Crippen LogP contribution in [-0.4, -0.2) is 12.3 Å². The Kier molecular flexibility index (Phi) is 4.80. The molecule has 0 bridgehead atoms. The highest BCUT2D eigenvalue weighted by Gasteiger charge is 2.12. The van der Waals surface area contributed by atoms with E-state index in [-0.39, 0.29) is 0 Å². The summed E-state index contributed by atoms with van der Waals surface area (Å²) >= 11 is 0. The number of carbonyl (C=O) groups is 1. The Morgan fingerprint density at radius 3 is 3.00 bits per heavy atom. The number of rotatable bonds is 6. The lowest BCUT2D eigenvalue weighted by molar-refractivity contribution is 0.0979. The minimum absolute atomic E-state index is 0.305. The van der Waals surface area contributed by atoms with Gasteiger partial charge in [-0.3, -0.25) is 4.79 Å². The molecule has 0 saturated heterocycles. The van der Waals surface area contributed by atoms with Crippen molar-refractivity contribution in [1.82, 2.24) is 0 Å². The van der Waals surface area contributed by atoms with Gasteiger partial charge in [-0.25, -0.2) is 0 Å². The first-order valence-electron chi connectivity index (χ1n) is 7.21. The summed E-state index contributed by atoms with van der Waals surface area (Å²) in [6.07, 6.45) is 7.63. The fourth-order valence-electron chi connectivity index (χ4n) is 2.51. The van der Waals surface area contributed by atoms with Gasteiger partial charge >= 0.3 is 0 Å². The van der Waals surface area contributed by atoms with E-state index in [0.717, 1.165) is 24.9 Å². The first kappa shape index (κ1) is 13.1. The van der Waals surface area contributed by atoms with Crippen molar-refractivity contribution < 1.29 is 4.79 Å². The van der Waals surface area contributed by atoms with Gasteiger partial charge in [-0.15, -0.1) is 0 Å². The van der Waals surface area contributed by atoms with Crippen LogP contribution in [0.25, 0.3) is 0 Å². The summed E-state index contributed by atoms with van der Waals surface area (Å²) in [6, 6.07) is 6.12. The Morgan fingerprint density at radius 2 is 2.17 bits per heavy atom. The van der Waals surface area contributed by atoms with E-state index in [0.29, 0.717) is 12.2 Å². The van der Waals surface area contributed by atoms with E-state index in [2.05, 4.69) is 24.4 Å². The molecule has 2 nitrogen and oxygen atoms in total. The number of fused-ring (bicyclic) bond motifs is 1. The molecule has 1 aromatic rings. The Morgan fingerprint density at radius 1 is 1.28 bits per heavy atom. The summed E-state index contributed by atoms with van der Waals surface area (Å²) in [4.78, 5) is 12.1. The molecule has 18 heavy (non-hydrogen) atoms. The molecule has 0 spiro atoms. The Balaban J connectivity index is 1.94. The van der Waals surface area contributed by atoms with Gasteiger partial charge in [0.25, 0.3) is 0 Å². The van der Waals surface area contributed by atoms with Crippen LogP contribution in [0.15, 0.2) is 18.2 Å². The van der Waals surface area contributed by atoms with Crippen molar-refractivity contribution >= 4 is 11.5 Å². The molecule has 0 aliphatic carbocycles. The van der Waals surface area contributed by atoms with Crippen LogP contribution in [-0.2, 0) is 6.42 Å². The molecule has 0 unspecified atom stereocenters. The van der Waals surface area contributed by atoms with Crippen molar-refractivity contribution in [3.63, 3.8) is 0 Å². The third-order valence-electron chi connectivity index (χ3n) is 3.62. The molecule has 0 aromatic heterocycles. The topological polar surface area (TPSA) is 29.1 Å². The van der Waals surface area contributed by atoms with Crippen molar-refractivity contribution in [1.29, 1.82) is 0 Å². The van der Waals surface area contributed by atoms with Gasteiger partial charge < -0.3 is 5.32 Å². The molecule has 1 aliphatic rings. The highest BCUT2D eigenvalue weighted by Crippen LogP contribution is 2.23. The van der Waals surface area contributed by atoms with E-state index < -0.39 is 0 Å². The van der Waals surface area contributed by atoms with E-state index in [4.69, 9.17) is 0 Å². The molecule has 0 atom stereocenters. The summed E-state index contributed by atoms with van der Waals surface area (Å²) < 4.78 is 0. The average molecular weight is 245 g/mol. The molecule has 0 radical (unpaired) electrons. The van der Waals surface area contributed by atoms with Crippen LogP contribution in [0.1, 0.15) is 61.4 Å². The zero-order valence-corrected chi connectivity index (χ0v) is 11.3. The highest BCUT2D eigenvalue weighted by molar-refractivity contribution is 5.96. The van der Waals surface area contributed by atoms with E-state index in [1.165, 1.54) is 36.9 Å². The lowest BCUT2D eigenvalue weighted by Crippen LogP contribution is -2.12. The molecule has 98 valence electrons. The number of hydrogen-bond donors (Lipinski definition) is 1. The molecule has 0 saturated carbocycles. The largest absolute Gasteiger partial charge is 0.385 e. The van der Waals surface area contributed by atoms with E-state index in [1.807, 2.05) is 6.07 Å². The van der Waals surface area contributed by atoms with Crippen molar-refractivity contribution in [2.75, 3.05) is 11.9 Å². The number of Topliss-reactive ketones (excluding diaryl/α,β-unsaturated/α-hetero) is 1. The molecule has 1 N–H and O–H groups in total. The standard InChI is InChI=1S/C16H23NO/c1-2-3-4-5-8-16(18)14-9-10-15-13(12-14)7-6-11-17-15/h9-10,12,17H,2-8,11H2,1H3. The lowest BCUT2D eigenvalue weighted by Gasteiger charge is -2.18. The van der Waals surface area contributed by atoms with Crippen LogP contribution in [0.2, 0.25) is 0 Å². The normalized spacial score (nSPS) is 13.8. The number of carbonyl (C=O) groups excluding carboxylic acids is 1. The summed E-state index contributed by atoms with van der Waals surface area (Å²) in [7, 11) is 0. The Hall–Kier alpha value is -1.31. The highest BCUT2D eigenvalue weighted by atomic mass is 16.1. The molecule has 1 aromatic carbocycles. The molecule has 2 heteroatoms. The molecule has 0 amide bonds. The van der Waals surface area contributed by atoms with Crippen LogP contribution < -0.4 is 5.32 Å². The van der Waals surface area contributed by atoms with E-state index in [1.54, 1.807) is 0 Å².